The highest BCUT2D eigenvalue weighted by atomic mass is 35.5. The molecule has 0 saturated heterocycles. The van der Waals surface area contributed by atoms with Crippen molar-refractivity contribution in [2.45, 2.75) is 24.7 Å². The molecule has 1 unspecified atom stereocenters. The van der Waals surface area contributed by atoms with Gasteiger partial charge in [0.15, 0.2) is 28.6 Å². The predicted octanol–water partition coefficient (Wildman–Crippen LogP) is 5.65. The lowest BCUT2D eigenvalue weighted by molar-refractivity contribution is -0.113. The number of ether oxygens (including phenoxy) is 2. The molecule has 168 valence electrons. The number of rotatable bonds is 10. The van der Waals surface area contributed by atoms with Crippen molar-refractivity contribution >= 4 is 46.6 Å². The van der Waals surface area contributed by atoms with E-state index >= 15 is 0 Å². The molecule has 0 aliphatic heterocycles. The van der Waals surface area contributed by atoms with Crippen molar-refractivity contribution in [3.8, 4) is 11.5 Å². The third-order valence-corrected chi connectivity index (χ3v) is 5.68. The fourth-order valence-electron chi connectivity index (χ4n) is 2.92. The lowest BCUT2D eigenvalue weighted by Crippen LogP contribution is -2.15. The van der Waals surface area contributed by atoms with Crippen molar-refractivity contribution in [1.82, 2.24) is 14.8 Å². The second kappa shape index (κ2) is 11.3. The third-order valence-electron chi connectivity index (χ3n) is 4.27. The van der Waals surface area contributed by atoms with E-state index in [1.165, 1.54) is 11.8 Å². The molecular formula is C22H22Cl2N4O3S. The summed E-state index contributed by atoms with van der Waals surface area (Å²) in [6.07, 6.45) is 1.33. The number of halogens is 2. The molecule has 1 atom stereocenters. The zero-order valence-electron chi connectivity index (χ0n) is 17.5. The lowest BCUT2D eigenvalue weighted by Gasteiger charge is -2.17. The van der Waals surface area contributed by atoms with Gasteiger partial charge in [0.1, 0.15) is 0 Å². The molecule has 10 heteroatoms. The summed E-state index contributed by atoms with van der Waals surface area (Å²) in [6, 6.07) is 12.2. The first-order chi connectivity index (χ1) is 15.4. The number of carbonyl (C=O) groups is 1. The molecule has 1 amide bonds. The number of nitrogens with zero attached hydrogens (tertiary/aromatic N) is 3. The molecule has 0 bridgehead atoms. The van der Waals surface area contributed by atoms with Gasteiger partial charge in [-0.15, -0.1) is 16.8 Å². The normalized spacial score (nSPS) is 11.6. The first-order valence-electron chi connectivity index (χ1n) is 9.63. The minimum absolute atomic E-state index is 0.126. The molecule has 1 N–H and O–H groups in total. The molecule has 3 rings (SSSR count). The Bertz CT molecular complexity index is 1090. The highest BCUT2D eigenvalue weighted by Crippen LogP contribution is 2.31. The van der Waals surface area contributed by atoms with E-state index < -0.39 is 6.10 Å². The molecule has 0 aliphatic carbocycles. The zero-order chi connectivity index (χ0) is 23.1. The van der Waals surface area contributed by atoms with Crippen LogP contribution in [0.25, 0.3) is 0 Å². The van der Waals surface area contributed by atoms with Gasteiger partial charge in [-0.3, -0.25) is 9.36 Å². The van der Waals surface area contributed by atoms with Crippen LogP contribution in [0.2, 0.25) is 10.0 Å². The Morgan fingerprint density at radius 1 is 1.22 bits per heavy atom. The number of hydrogen-bond donors (Lipinski definition) is 1. The molecule has 0 radical (unpaired) electrons. The Morgan fingerprint density at radius 2 is 1.91 bits per heavy atom. The van der Waals surface area contributed by atoms with E-state index in [-0.39, 0.29) is 11.7 Å². The average Bonchev–Trinajstić information content (AvgIpc) is 3.15. The topological polar surface area (TPSA) is 78.3 Å². The Kier molecular flexibility index (Phi) is 8.44. The van der Waals surface area contributed by atoms with Crippen LogP contribution in [-0.2, 0) is 11.3 Å². The van der Waals surface area contributed by atoms with E-state index in [0.717, 1.165) is 0 Å². The molecule has 1 heterocycles. The van der Waals surface area contributed by atoms with Gasteiger partial charge in [-0.2, -0.15) is 0 Å². The van der Waals surface area contributed by atoms with Gasteiger partial charge in [-0.1, -0.05) is 53.2 Å². The smallest absolute Gasteiger partial charge is 0.234 e. The molecule has 32 heavy (non-hydrogen) atoms. The second-order valence-corrected chi connectivity index (χ2v) is 8.46. The maximum Gasteiger partial charge on any atom is 0.234 e. The largest absolute Gasteiger partial charge is 0.493 e. The molecule has 2 aromatic carbocycles. The van der Waals surface area contributed by atoms with Crippen LogP contribution < -0.4 is 14.8 Å². The van der Waals surface area contributed by atoms with Gasteiger partial charge in [0.2, 0.25) is 5.91 Å². The lowest BCUT2D eigenvalue weighted by atomic mass is 10.3. The SMILES string of the molecule is C=CCn1c(SCC(=O)Nc2cc(Cl)cc(Cl)c2)nnc1C(C)Oc1ccccc1OC. The first-order valence-corrected chi connectivity index (χ1v) is 11.4. The fourth-order valence-corrected chi connectivity index (χ4v) is 4.20. The summed E-state index contributed by atoms with van der Waals surface area (Å²) in [4.78, 5) is 12.4. The average molecular weight is 493 g/mol. The number of hydrogen-bond acceptors (Lipinski definition) is 6. The van der Waals surface area contributed by atoms with Crippen molar-refractivity contribution in [1.29, 1.82) is 0 Å². The summed E-state index contributed by atoms with van der Waals surface area (Å²) < 4.78 is 13.3. The van der Waals surface area contributed by atoms with Crippen LogP contribution in [0, 0.1) is 0 Å². The van der Waals surface area contributed by atoms with Crippen LogP contribution in [0.1, 0.15) is 18.9 Å². The van der Waals surface area contributed by atoms with Crippen LogP contribution in [0.4, 0.5) is 5.69 Å². The van der Waals surface area contributed by atoms with Gasteiger partial charge in [0.05, 0.1) is 12.9 Å². The molecule has 0 spiro atoms. The highest BCUT2D eigenvalue weighted by molar-refractivity contribution is 7.99. The minimum atomic E-state index is -0.407. The van der Waals surface area contributed by atoms with Crippen molar-refractivity contribution in [3.63, 3.8) is 0 Å². The van der Waals surface area contributed by atoms with Gasteiger partial charge in [0, 0.05) is 22.3 Å². The zero-order valence-corrected chi connectivity index (χ0v) is 19.9. The summed E-state index contributed by atoms with van der Waals surface area (Å²) in [5.74, 6) is 1.74. The number of para-hydroxylation sites is 2. The van der Waals surface area contributed by atoms with Crippen LogP contribution in [0.5, 0.6) is 11.5 Å². The number of carbonyl (C=O) groups excluding carboxylic acids is 1. The summed E-state index contributed by atoms with van der Waals surface area (Å²) in [6.45, 7) is 6.15. The van der Waals surface area contributed by atoms with E-state index in [4.69, 9.17) is 32.7 Å². The van der Waals surface area contributed by atoms with Gasteiger partial charge in [0.25, 0.3) is 0 Å². The second-order valence-electron chi connectivity index (χ2n) is 6.65. The summed E-state index contributed by atoms with van der Waals surface area (Å²) in [7, 11) is 1.59. The van der Waals surface area contributed by atoms with E-state index in [9.17, 15) is 4.79 Å². The summed E-state index contributed by atoms with van der Waals surface area (Å²) in [5.41, 5.74) is 0.528. The molecule has 3 aromatic rings. The molecular weight excluding hydrogens is 471 g/mol. The summed E-state index contributed by atoms with van der Waals surface area (Å²) in [5, 5.41) is 12.8. The standard InChI is InChI=1S/C22H22Cl2N4O3S/c1-4-9-28-21(14(2)31-19-8-6-5-7-18(19)30-3)26-27-22(28)32-13-20(29)25-17-11-15(23)10-16(24)12-17/h4-8,10-12,14H,1,9,13H2,2-3H3,(H,25,29). The quantitative estimate of drug-likeness (QED) is 0.291. The van der Waals surface area contributed by atoms with Crippen molar-refractivity contribution in [2.24, 2.45) is 0 Å². The Balaban J connectivity index is 1.69. The highest BCUT2D eigenvalue weighted by Gasteiger charge is 2.21. The first kappa shape index (κ1) is 24.0. The minimum Gasteiger partial charge on any atom is -0.493 e. The number of thioether (sulfide) groups is 1. The van der Waals surface area contributed by atoms with E-state index in [2.05, 4.69) is 22.1 Å². The number of allylic oxidation sites excluding steroid dienone is 1. The van der Waals surface area contributed by atoms with Crippen molar-refractivity contribution < 1.29 is 14.3 Å². The number of amides is 1. The number of anilines is 1. The van der Waals surface area contributed by atoms with Crippen molar-refractivity contribution in [3.05, 3.63) is 71.0 Å². The Hall–Kier alpha value is -2.68. The van der Waals surface area contributed by atoms with Crippen molar-refractivity contribution in [2.75, 3.05) is 18.2 Å². The molecule has 7 nitrogen and oxygen atoms in total. The van der Waals surface area contributed by atoms with Gasteiger partial charge >= 0.3 is 0 Å². The van der Waals surface area contributed by atoms with E-state index in [1.807, 2.05) is 35.8 Å². The van der Waals surface area contributed by atoms with Crippen LogP contribution in [0.15, 0.2) is 60.3 Å². The summed E-state index contributed by atoms with van der Waals surface area (Å²) >= 11 is 13.2. The molecule has 0 aliphatic rings. The maximum atomic E-state index is 12.4. The molecule has 0 fully saturated rings. The predicted molar refractivity (Wildman–Crippen MR) is 128 cm³/mol. The number of benzene rings is 2. The molecule has 1 aromatic heterocycles. The van der Waals surface area contributed by atoms with E-state index in [0.29, 0.717) is 44.8 Å². The Morgan fingerprint density at radius 3 is 2.56 bits per heavy atom. The maximum absolute atomic E-state index is 12.4. The van der Waals surface area contributed by atoms with Gasteiger partial charge in [-0.05, 0) is 37.3 Å². The van der Waals surface area contributed by atoms with E-state index in [1.54, 1.807) is 31.4 Å². The monoisotopic (exact) mass is 492 g/mol. The van der Waals surface area contributed by atoms with Gasteiger partial charge < -0.3 is 14.8 Å². The third kappa shape index (κ3) is 6.18. The Labute approximate surface area is 200 Å². The number of methoxy groups -OCH3 is 1. The van der Waals surface area contributed by atoms with Gasteiger partial charge in [-0.25, -0.2) is 0 Å². The van der Waals surface area contributed by atoms with Crippen LogP contribution in [0.3, 0.4) is 0 Å². The molecule has 0 saturated carbocycles. The number of aromatic nitrogens is 3. The number of nitrogens with one attached hydrogen (secondary N) is 1. The van der Waals surface area contributed by atoms with Crippen LogP contribution in [-0.4, -0.2) is 33.5 Å². The van der Waals surface area contributed by atoms with Crippen LogP contribution >= 0.6 is 35.0 Å². The fraction of sp³-hybridized carbons (Fsp3) is 0.227.